The maximum atomic E-state index is 14.8. The molecule has 1 aromatic carbocycles. The van der Waals surface area contributed by atoms with Crippen LogP contribution in [0.3, 0.4) is 0 Å². The Morgan fingerprint density at radius 3 is 2.55 bits per heavy atom. The molecule has 0 saturated carbocycles. The number of hydrogen-bond donors (Lipinski definition) is 2. The molecule has 5 nitrogen and oxygen atoms in total. The molecule has 2 rings (SSSR count). The first-order valence-electron chi connectivity index (χ1n) is 7.54. The first kappa shape index (κ1) is 16.4. The van der Waals surface area contributed by atoms with Crippen molar-refractivity contribution in [3.63, 3.8) is 0 Å². The zero-order valence-corrected chi connectivity index (χ0v) is 13.2. The third-order valence-corrected chi connectivity index (χ3v) is 3.98. The Morgan fingerprint density at radius 2 is 2.05 bits per heavy atom. The summed E-state index contributed by atoms with van der Waals surface area (Å²) in [6, 6.07) is 3.58. The van der Waals surface area contributed by atoms with Crippen LogP contribution in [0.4, 0.5) is 14.9 Å². The number of methoxy groups -OCH3 is 1. The third kappa shape index (κ3) is 3.43. The lowest BCUT2D eigenvalue weighted by Gasteiger charge is -2.31. The van der Waals surface area contributed by atoms with Crippen molar-refractivity contribution in [2.45, 2.75) is 38.6 Å². The first-order valence-corrected chi connectivity index (χ1v) is 7.54. The van der Waals surface area contributed by atoms with Crippen molar-refractivity contribution < 1.29 is 19.0 Å². The van der Waals surface area contributed by atoms with Crippen molar-refractivity contribution in [2.24, 2.45) is 0 Å². The van der Waals surface area contributed by atoms with Crippen LogP contribution in [0.15, 0.2) is 12.1 Å². The average molecular weight is 310 g/mol. The molecule has 1 heterocycles. The molecule has 0 aliphatic carbocycles. The van der Waals surface area contributed by atoms with Crippen LogP contribution in [-0.2, 0) is 0 Å². The fourth-order valence-corrected chi connectivity index (χ4v) is 2.92. The Kier molecular flexibility index (Phi) is 5.11. The van der Waals surface area contributed by atoms with Gasteiger partial charge in [0.25, 0.3) is 0 Å². The number of rotatable bonds is 4. The first-order chi connectivity index (χ1) is 10.4. The Labute approximate surface area is 130 Å². The number of likely N-dealkylation sites (tertiary alicyclic amines) is 1. The molecule has 1 fully saturated rings. The fourth-order valence-electron chi connectivity index (χ4n) is 2.92. The van der Waals surface area contributed by atoms with Gasteiger partial charge in [-0.2, -0.15) is 0 Å². The number of carbonyl (C=O) groups is 1. The van der Waals surface area contributed by atoms with E-state index < -0.39 is 6.09 Å². The van der Waals surface area contributed by atoms with Gasteiger partial charge in [-0.3, -0.25) is 0 Å². The zero-order valence-electron chi connectivity index (χ0n) is 13.2. The third-order valence-electron chi connectivity index (χ3n) is 3.98. The minimum atomic E-state index is -0.916. The number of halogens is 1. The van der Waals surface area contributed by atoms with E-state index in [1.54, 1.807) is 12.1 Å². The molecule has 0 aromatic heterocycles. The van der Waals surface area contributed by atoms with Crippen molar-refractivity contribution in [3.8, 4) is 5.75 Å². The van der Waals surface area contributed by atoms with E-state index in [0.29, 0.717) is 42.9 Å². The molecule has 0 unspecified atom stereocenters. The van der Waals surface area contributed by atoms with Crippen LogP contribution in [0.25, 0.3) is 0 Å². The molecule has 1 aromatic rings. The van der Waals surface area contributed by atoms with Crippen LogP contribution < -0.4 is 10.1 Å². The van der Waals surface area contributed by atoms with Crippen LogP contribution in [0.1, 0.15) is 38.2 Å². The summed E-state index contributed by atoms with van der Waals surface area (Å²) in [4.78, 5) is 12.4. The van der Waals surface area contributed by atoms with Gasteiger partial charge in [-0.25, -0.2) is 9.18 Å². The van der Waals surface area contributed by atoms with Crippen molar-refractivity contribution in [2.75, 3.05) is 25.5 Å². The molecule has 22 heavy (non-hydrogen) atoms. The lowest BCUT2D eigenvalue weighted by molar-refractivity contribution is 0.131. The van der Waals surface area contributed by atoms with Gasteiger partial charge in [-0.15, -0.1) is 0 Å². The van der Waals surface area contributed by atoms with Gasteiger partial charge in [-0.1, -0.05) is 0 Å². The fraction of sp³-hybridized carbons (Fsp3) is 0.562. The highest BCUT2D eigenvalue weighted by atomic mass is 19.1. The van der Waals surface area contributed by atoms with E-state index in [0.717, 1.165) is 0 Å². The summed E-state index contributed by atoms with van der Waals surface area (Å²) in [5, 5.41) is 12.1. The number of ether oxygens (including phenoxy) is 1. The average Bonchev–Trinajstić information content (AvgIpc) is 2.48. The summed E-state index contributed by atoms with van der Waals surface area (Å²) in [6.07, 6.45) is 0.288. The number of nitrogens with zero attached hydrogens (tertiary/aromatic N) is 1. The molecular weight excluding hydrogens is 287 g/mol. The number of amides is 1. The van der Waals surface area contributed by atoms with Gasteiger partial charge in [0, 0.05) is 24.7 Å². The topological polar surface area (TPSA) is 61.8 Å². The maximum Gasteiger partial charge on any atom is 0.407 e. The lowest BCUT2D eigenvalue weighted by atomic mass is 9.88. The van der Waals surface area contributed by atoms with E-state index in [1.165, 1.54) is 12.0 Å². The van der Waals surface area contributed by atoms with Crippen molar-refractivity contribution >= 4 is 11.8 Å². The highest BCUT2D eigenvalue weighted by molar-refractivity contribution is 5.65. The summed E-state index contributed by atoms with van der Waals surface area (Å²) in [5.74, 6) is 0.210. The Morgan fingerprint density at radius 1 is 1.41 bits per heavy atom. The lowest BCUT2D eigenvalue weighted by Crippen LogP contribution is -2.37. The molecule has 1 aliphatic heterocycles. The molecule has 1 aliphatic rings. The molecule has 1 saturated heterocycles. The van der Waals surface area contributed by atoms with E-state index in [4.69, 9.17) is 9.84 Å². The highest BCUT2D eigenvalue weighted by Crippen LogP contribution is 2.38. The van der Waals surface area contributed by atoms with E-state index >= 15 is 0 Å². The van der Waals surface area contributed by atoms with Gasteiger partial charge in [0.1, 0.15) is 5.75 Å². The van der Waals surface area contributed by atoms with Crippen molar-refractivity contribution in [3.05, 3.63) is 23.5 Å². The number of piperidine rings is 1. The molecule has 6 heteroatoms. The van der Waals surface area contributed by atoms with E-state index in [9.17, 15) is 9.18 Å². The van der Waals surface area contributed by atoms with E-state index in [1.807, 2.05) is 13.8 Å². The number of anilines is 1. The van der Waals surface area contributed by atoms with Gasteiger partial charge in [0.15, 0.2) is 5.82 Å². The molecule has 1 amide bonds. The largest absolute Gasteiger partial charge is 0.496 e. The quantitative estimate of drug-likeness (QED) is 0.893. The highest BCUT2D eigenvalue weighted by Gasteiger charge is 2.28. The number of benzene rings is 1. The summed E-state index contributed by atoms with van der Waals surface area (Å²) < 4.78 is 20.2. The molecular formula is C16H23FN2O3. The second-order valence-corrected chi connectivity index (χ2v) is 5.89. The Hall–Kier alpha value is -1.98. The summed E-state index contributed by atoms with van der Waals surface area (Å²) in [5.41, 5.74) is 1.02. The number of nitrogens with one attached hydrogen (secondary N) is 1. The summed E-state index contributed by atoms with van der Waals surface area (Å²) >= 11 is 0. The summed E-state index contributed by atoms with van der Waals surface area (Å²) in [7, 11) is 1.53. The number of carboxylic acid groups (broad SMARTS) is 1. The van der Waals surface area contributed by atoms with Crippen molar-refractivity contribution in [1.29, 1.82) is 0 Å². The molecule has 122 valence electrons. The predicted octanol–water partition coefficient (Wildman–Crippen LogP) is 3.51. The second kappa shape index (κ2) is 6.85. The summed E-state index contributed by atoms with van der Waals surface area (Å²) in [6.45, 7) is 4.75. The zero-order chi connectivity index (χ0) is 16.3. The minimum Gasteiger partial charge on any atom is -0.496 e. The standard InChI is InChI=1S/C16H23FN2O3/c1-10(2)18-12-4-5-13(22-3)14(15(12)17)11-6-8-19(9-7-11)16(20)21/h4-5,10-11,18H,6-9H2,1-3H3,(H,20,21). The second-order valence-electron chi connectivity index (χ2n) is 5.89. The van der Waals surface area contributed by atoms with Crippen molar-refractivity contribution in [1.82, 2.24) is 4.90 Å². The minimum absolute atomic E-state index is 0.0283. The van der Waals surface area contributed by atoms with Gasteiger partial charge in [-0.05, 0) is 44.7 Å². The molecule has 0 radical (unpaired) electrons. The normalized spacial score (nSPS) is 16.0. The molecule has 0 spiro atoms. The van der Waals surface area contributed by atoms with Gasteiger partial charge in [0.05, 0.1) is 12.8 Å². The Bertz CT molecular complexity index is 540. The molecule has 0 bridgehead atoms. The maximum absolute atomic E-state index is 14.8. The molecule has 2 N–H and O–H groups in total. The predicted molar refractivity (Wildman–Crippen MR) is 83.3 cm³/mol. The van der Waals surface area contributed by atoms with Gasteiger partial charge >= 0.3 is 6.09 Å². The van der Waals surface area contributed by atoms with E-state index in [-0.39, 0.29) is 17.8 Å². The molecule has 0 atom stereocenters. The van der Waals surface area contributed by atoms with Crippen LogP contribution in [0.2, 0.25) is 0 Å². The van der Waals surface area contributed by atoms with Crippen LogP contribution in [-0.4, -0.2) is 42.3 Å². The van der Waals surface area contributed by atoms with Crippen LogP contribution in [0.5, 0.6) is 5.75 Å². The van der Waals surface area contributed by atoms with E-state index in [2.05, 4.69) is 5.32 Å². The Balaban J connectivity index is 2.27. The smallest absolute Gasteiger partial charge is 0.407 e. The van der Waals surface area contributed by atoms with Gasteiger partial charge < -0.3 is 20.1 Å². The number of hydrogen-bond acceptors (Lipinski definition) is 3. The SMILES string of the molecule is COc1ccc(NC(C)C)c(F)c1C1CCN(C(=O)O)CC1. The monoisotopic (exact) mass is 310 g/mol. The van der Waals surface area contributed by atoms with Gasteiger partial charge in [0.2, 0.25) is 0 Å². The van der Waals surface area contributed by atoms with Crippen LogP contribution >= 0.6 is 0 Å². The van der Waals surface area contributed by atoms with Crippen LogP contribution in [0, 0.1) is 5.82 Å².